The number of rotatable bonds is 3. The molecule has 0 radical (unpaired) electrons. The monoisotopic (exact) mass is 351 g/mol. The molecule has 2 heterocycles. The Hall–Kier alpha value is -2.41. The number of alkyl halides is 1. The zero-order chi connectivity index (χ0) is 17.5. The molecule has 24 heavy (non-hydrogen) atoms. The SMILES string of the molecule is Cc1cc(C(=O)N2CCC(F)(C(=O)O)C2)nn1-c1ccccc1Cl. The van der Waals surface area contributed by atoms with Crippen LogP contribution in [-0.4, -0.2) is 50.4 Å². The lowest BCUT2D eigenvalue weighted by atomic mass is 10.1. The minimum atomic E-state index is -2.39. The van der Waals surface area contributed by atoms with Crippen LogP contribution in [0.5, 0.6) is 0 Å². The quantitative estimate of drug-likeness (QED) is 0.921. The first-order chi connectivity index (χ1) is 11.3. The van der Waals surface area contributed by atoms with Gasteiger partial charge in [0.05, 0.1) is 17.3 Å². The average molecular weight is 352 g/mol. The van der Waals surface area contributed by atoms with E-state index in [4.69, 9.17) is 16.7 Å². The summed E-state index contributed by atoms with van der Waals surface area (Å²) in [6.45, 7) is 1.34. The number of halogens is 2. The van der Waals surface area contributed by atoms with Gasteiger partial charge in [-0.05, 0) is 25.1 Å². The number of aromatic nitrogens is 2. The molecule has 1 N–H and O–H groups in total. The number of amides is 1. The van der Waals surface area contributed by atoms with E-state index in [1.165, 1.54) is 9.58 Å². The fourth-order valence-electron chi connectivity index (χ4n) is 2.73. The zero-order valence-electron chi connectivity index (χ0n) is 12.9. The number of carbonyl (C=O) groups excluding carboxylic acids is 1. The van der Waals surface area contributed by atoms with Gasteiger partial charge in [0.1, 0.15) is 0 Å². The molecule has 1 saturated heterocycles. The average Bonchev–Trinajstić information content (AvgIpc) is 3.12. The third-order valence-corrected chi connectivity index (χ3v) is 4.40. The van der Waals surface area contributed by atoms with Crippen molar-refractivity contribution >= 4 is 23.5 Å². The molecule has 1 amide bonds. The summed E-state index contributed by atoms with van der Waals surface area (Å²) in [5.41, 5.74) is -0.948. The summed E-state index contributed by atoms with van der Waals surface area (Å²) in [5.74, 6) is -2.04. The normalized spacial score (nSPS) is 20.4. The van der Waals surface area contributed by atoms with E-state index in [-0.39, 0.29) is 18.7 Å². The van der Waals surface area contributed by atoms with E-state index in [2.05, 4.69) is 5.10 Å². The van der Waals surface area contributed by atoms with Crippen LogP contribution in [0.1, 0.15) is 22.6 Å². The smallest absolute Gasteiger partial charge is 0.343 e. The van der Waals surface area contributed by atoms with Gasteiger partial charge in [0, 0.05) is 18.7 Å². The molecule has 0 saturated carbocycles. The largest absolute Gasteiger partial charge is 0.479 e. The third kappa shape index (κ3) is 2.75. The Morgan fingerprint density at radius 3 is 2.71 bits per heavy atom. The van der Waals surface area contributed by atoms with Crippen LogP contribution in [0.2, 0.25) is 5.02 Å². The summed E-state index contributed by atoms with van der Waals surface area (Å²) in [4.78, 5) is 24.6. The van der Waals surface area contributed by atoms with Crippen molar-refractivity contribution in [1.82, 2.24) is 14.7 Å². The number of para-hydroxylation sites is 1. The lowest BCUT2D eigenvalue weighted by molar-refractivity contribution is -0.149. The van der Waals surface area contributed by atoms with Crippen molar-refractivity contribution in [2.75, 3.05) is 13.1 Å². The van der Waals surface area contributed by atoms with Gasteiger partial charge in [0.15, 0.2) is 5.69 Å². The van der Waals surface area contributed by atoms with Gasteiger partial charge in [-0.3, -0.25) is 4.79 Å². The number of carboxylic acids is 1. The van der Waals surface area contributed by atoms with Crippen LogP contribution in [0.4, 0.5) is 4.39 Å². The predicted molar refractivity (Wildman–Crippen MR) is 85.3 cm³/mol. The maximum Gasteiger partial charge on any atom is 0.343 e. The molecule has 1 atom stereocenters. The van der Waals surface area contributed by atoms with Crippen molar-refractivity contribution in [2.45, 2.75) is 19.0 Å². The van der Waals surface area contributed by atoms with Gasteiger partial charge in [-0.2, -0.15) is 5.10 Å². The van der Waals surface area contributed by atoms with Crippen molar-refractivity contribution in [3.8, 4) is 5.69 Å². The van der Waals surface area contributed by atoms with E-state index in [1.54, 1.807) is 37.3 Å². The fourth-order valence-corrected chi connectivity index (χ4v) is 2.94. The number of aryl methyl sites for hydroxylation is 1. The molecule has 0 aliphatic carbocycles. The summed E-state index contributed by atoms with van der Waals surface area (Å²) in [6.07, 6.45) is -0.224. The zero-order valence-corrected chi connectivity index (χ0v) is 13.6. The van der Waals surface area contributed by atoms with Crippen LogP contribution >= 0.6 is 11.6 Å². The van der Waals surface area contributed by atoms with E-state index in [9.17, 15) is 14.0 Å². The van der Waals surface area contributed by atoms with Crippen molar-refractivity contribution in [3.05, 3.63) is 46.7 Å². The van der Waals surface area contributed by atoms with Gasteiger partial charge >= 0.3 is 5.97 Å². The number of carboxylic acid groups (broad SMARTS) is 1. The van der Waals surface area contributed by atoms with E-state index >= 15 is 0 Å². The van der Waals surface area contributed by atoms with Crippen molar-refractivity contribution in [3.63, 3.8) is 0 Å². The number of aliphatic carboxylic acids is 1. The maximum absolute atomic E-state index is 14.1. The molecule has 1 aliphatic rings. The molecule has 0 bridgehead atoms. The van der Waals surface area contributed by atoms with Gasteiger partial charge < -0.3 is 10.0 Å². The Labute approximate surface area is 142 Å². The van der Waals surface area contributed by atoms with Crippen LogP contribution in [0, 0.1) is 6.92 Å². The molecule has 8 heteroatoms. The van der Waals surface area contributed by atoms with Gasteiger partial charge in [-0.15, -0.1) is 0 Å². The lowest BCUT2D eigenvalue weighted by Gasteiger charge is -2.16. The first-order valence-corrected chi connectivity index (χ1v) is 7.73. The van der Waals surface area contributed by atoms with Gasteiger partial charge in [0.2, 0.25) is 5.67 Å². The Morgan fingerprint density at radius 2 is 2.08 bits per heavy atom. The van der Waals surface area contributed by atoms with Crippen LogP contribution in [0.3, 0.4) is 0 Å². The van der Waals surface area contributed by atoms with Crippen LogP contribution < -0.4 is 0 Å². The highest BCUT2D eigenvalue weighted by atomic mass is 35.5. The summed E-state index contributed by atoms with van der Waals surface area (Å²) in [7, 11) is 0. The highest BCUT2D eigenvalue weighted by Gasteiger charge is 2.47. The minimum Gasteiger partial charge on any atom is -0.479 e. The van der Waals surface area contributed by atoms with E-state index < -0.39 is 24.1 Å². The number of hydrogen-bond donors (Lipinski definition) is 1. The molecule has 6 nitrogen and oxygen atoms in total. The molecular formula is C16H15ClFN3O3. The van der Waals surface area contributed by atoms with E-state index in [0.717, 1.165) is 0 Å². The molecular weight excluding hydrogens is 337 g/mol. The van der Waals surface area contributed by atoms with E-state index in [1.807, 2.05) is 0 Å². The number of benzene rings is 1. The molecule has 126 valence electrons. The van der Waals surface area contributed by atoms with Crippen molar-refractivity contribution in [1.29, 1.82) is 0 Å². The van der Waals surface area contributed by atoms with Gasteiger partial charge in [-0.25, -0.2) is 13.9 Å². The second-order valence-electron chi connectivity index (χ2n) is 5.78. The topological polar surface area (TPSA) is 75.4 Å². The first-order valence-electron chi connectivity index (χ1n) is 7.35. The van der Waals surface area contributed by atoms with E-state index in [0.29, 0.717) is 16.4 Å². The number of likely N-dealkylation sites (tertiary alicyclic amines) is 1. The van der Waals surface area contributed by atoms with Crippen LogP contribution in [0.25, 0.3) is 5.69 Å². The second-order valence-corrected chi connectivity index (χ2v) is 6.19. The van der Waals surface area contributed by atoms with Crippen LogP contribution in [-0.2, 0) is 4.79 Å². The Kier molecular flexibility index (Phi) is 4.04. The second kappa shape index (κ2) is 5.90. The highest BCUT2D eigenvalue weighted by molar-refractivity contribution is 6.32. The van der Waals surface area contributed by atoms with Gasteiger partial charge in [0.25, 0.3) is 5.91 Å². The highest BCUT2D eigenvalue weighted by Crippen LogP contribution is 2.27. The standard InChI is InChI=1S/C16H15ClFN3O3/c1-10-8-12(19-21(10)13-5-3-2-4-11(13)17)14(22)20-7-6-16(18,9-20)15(23)24/h2-5,8H,6-7,9H2,1H3,(H,23,24). The molecule has 1 unspecified atom stereocenters. The molecule has 0 spiro atoms. The number of carbonyl (C=O) groups is 2. The molecule has 2 aromatic rings. The summed E-state index contributed by atoms with van der Waals surface area (Å²) in [6, 6.07) is 8.64. The molecule has 1 fully saturated rings. The summed E-state index contributed by atoms with van der Waals surface area (Å²) >= 11 is 6.15. The molecule has 1 aliphatic heterocycles. The molecule has 3 rings (SSSR count). The van der Waals surface area contributed by atoms with Crippen molar-refractivity contribution in [2.24, 2.45) is 0 Å². The predicted octanol–water partition coefficient (Wildman–Crippen LogP) is 2.47. The van der Waals surface area contributed by atoms with Crippen molar-refractivity contribution < 1.29 is 19.1 Å². The Balaban J connectivity index is 1.87. The summed E-state index contributed by atoms with van der Waals surface area (Å²) < 4.78 is 15.7. The lowest BCUT2D eigenvalue weighted by Crippen LogP contribution is -2.39. The third-order valence-electron chi connectivity index (χ3n) is 4.08. The number of hydrogen-bond acceptors (Lipinski definition) is 3. The fraction of sp³-hybridized carbons (Fsp3) is 0.312. The first kappa shape index (κ1) is 16.4. The summed E-state index contributed by atoms with van der Waals surface area (Å²) in [5, 5.41) is 13.7. The molecule has 1 aromatic carbocycles. The maximum atomic E-state index is 14.1. The minimum absolute atomic E-state index is 0.0413. The van der Waals surface area contributed by atoms with Crippen LogP contribution in [0.15, 0.2) is 30.3 Å². The molecule has 1 aromatic heterocycles. The van der Waals surface area contributed by atoms with Gasteiger partial charge in [-0.1, -0.05) is 23.7 Å². The Morgan fingerprint density at radius 1 is 1.38 bits per heavy atom. The number of nitrogens with zero attached hydrogens (tertiary/aromatic N) is 3. The Bertz CT molecular complexity index is 823.